The maximum atomic E-state index is 12.0. The van der Waals surface area contributed by atoms with Gasteiger partial charge in [-0.1, -0.05) is 11.6 Å². The average molecular weight is 255 g/mol. The van der Waals surface area contributed by atoms with E-state index in [1.807, 2.05) is 0 Å². The molecule has 1 heterocycles. The van der Waals surface area contributed by atoms with E-state index in [0.717, 1.165) is 12.8 Å². The largest absolute Gasteiger partial charge is 0.398 e. The van der Waals surface area contributed by atoms with Crippen LogP contribution in [0.15, 0.2) is 18.2 Å². The molecule has 1 aromatic carbocycles. The van der Waals surface area contributed by atoms with Crippen LogP contribution in [0.3, 0.4) is 0 Å². The Morgan fingerprint density at radius 3 is 2.76 bits per heavy atom. The molecule has 1 aromatic rings. The van der Waals surface area contributed by atoms with Crippen LogP contribution < -0.4 is 11.1 Å². The molecule has 0 atom stereocenters. The van der Waals surface area contributed by atoms with Crippen LogP contribution in [0.5, 0.6) is 0 Å². The summed E-state index contributed by atoms with van der Waals surface area (Å²) in [6.07, 6.45) is 1.69. The summed E-state index contributed by atoms with van der Waals surface area (Å²) in [7, 11) is 0. The lowest BCUT2D eigenvalue weighted by molar-refractivity contribution is 0.0697. The van der Waals surface area contributed by atoms with Gasteiger partial charge in [0, 0.05) is 30.0 Å². The predicted octanol–water partition coefficient (Wildman–Crippen LogP) is 1.83. The number of nitrogens with two attached hydrogens (primary N) is 1. The zero-order chi connectivity index (χ0) is 12.3. The highest BCUT2D eigenvalue weighted by Gasteiger charge is 2.18. The van der Waals surface area contributed by atoms with Gasteiger partial charge in [-0.2, -0.15) is 0 Å². The van der Waals surface area contributed by atoms with Crippen LogP contribution in [0.25, 0.3) is 0 Å². The summed E-state index contributed by atoms with van der Waals surface area (Å²) in [5.74, 6) is -0.147. The van der Waals surface area contributed by atoms with Crippen molar-refractivity contribution in [1.29, 1.82) is 0 Å². The van der Waals surface area contributed by atoms with E-state index in [2.05, 4.69) is 5.32 Å². The van der Waals surface area contributed by atoms with Crippen molar-refractivity contribution in [3.63, 3.8) is 0 Å². The Kier molecular flexibility index (Phi) is 3.86. The molecule has 4 nitrogen and oxygen atoms in total. The van der Waals surface area contributed by atoms with Crippen molar-refractivity contribution in [1.82, 2.24) is 5.32 Å². The summed E-state index contributed by atoms with van der Waals surface area (Å²) in [5.41, 5.74) is 6.64. The molecule has 1 saturated heterocycles. The number of hydrogen-bond acceptors (Lipinski definition) is 3. The molecule has 0 bridgehead atoms. The van der Waals surface area contributed by atoms with Gasteiger partial charge in [-0.3, -0.25) is 4.79 Å². The van der Waals surface area contributed by atoms with E-state index in [1.54, 1.807) is 18.2 Å². The minimum Gasteiger partial charge on any atom is -0.398 e. The Morgan fingerprint density at radius 1 is 1.41 bits per heavy atom. The molecule has 0 spiro atoms. The molecule has 0 aromatic heterocycles. The van der Waals surface area contributed by atoms with Gasteiger partial charge in [0.15, 0.2) is 0 Å². The van der Waals surface area contributed by atoms with Crippen LogP contribution >= 0.6 is 11.6 Å². The average Bonchev–Trinajstić information content (AvgIpc) is 2.30. The monoisotopic (exact) mass is 254 g/mol. The first-order valence-corrected chi connectivity index (χ1v) is 5.98. The summed E-state index contributed by atoms with van der Waals surface area (Å²) in [5, 5.41) is 3.49. The second kappa shape index (κ2) is 5.38. The molecule has 1 amide bonds. The summed E-state index contributed by atoms with van der Waals surface area (Å²) >= 11 is 5.79. The number of carbonyl (C=O) groups is 1. The van der Waals surface area contributed by atoms with E-state index in [-0.39, 0.29) is 11.9 Å². The van der Waals surface area contributed by atoms with Gasteiger partial charge in [0.2, 0.25) is 0 Å². The van der Waals surface area contributed by atoms with Crippen LogP contribution in [0.4, 0.5) is 5.69 Å². The van der Waals surface area contributed by atoms with Crippen LogP contribution in [0.1, 0.15) is 23.2 Å². The minimum atomic E-state index is -0.147. The molecule has 0 saturated carbocycles. The maximum absolute atomic E-state index is 12.0. The number of benzene rings is 1. The normalized spacial score (nSPS) is 16.8. The quantitative estimate of drug-likeness (QED) is 0.792. The van der Waals surface area contributed by atoms with Crippen LogP contribution in [0.2, 0.25) is 5.02 Å². The molecule has 1 fully saturated rings. The van der Waals surface area contributed by atoms with E-state index >= 15 is 0 Å². The van der Waals surface area contributed by atoms with Gasteiger partial charge >= 0.3 is 0 Å². The smallest absolute Gasteiger partial charge is 0.253 e. The Labute approximate surface area is 105 Å². The highest BCUT2D eigenvalue weighted by Crippen LogP contribution is 2.18. The summed E-state index contributed by atoms with van der Waals surface area (Å²) < 4.78 is 5.23. The molecule has 0 aliphatic carbocycles. The van der Waals surface area contributed by atoms with Crippen molar-refractivity contribution in [3.8, 4) is 0 Å². The Hall–Kier alpha value is -1.26. The molecule has 17 heavy (non-hydrogen) atoms. The molecule has 0 radical (unpaired) electrons. The van der Waals surface area contributed by atoms with Crippen molar-refractivity contribution < 1.29 is 9.53 Å². The molecule has 1 aliphatic rings. The fourth-order valence-corrected chi connectivity index (χ4v) is 2.03. The Balaban J connectivity index is 2.03. The third-order valence-corrected chi connectivity index (χ3v) is 3.05. The summed E-state index contributed by atoms with van der Waals surface area (Å²) in [4.78, 5) is 12.0. The fourth-order valence-electron chi connectivity index (χ4n) is 1.85. The SMILES string of the molecule is Nc1cc(Cl)ccc1C(=O)NC1CCOCC1. The first-order valence-electron chi connectivity index (χ1n) is 5.60. The third kappa shape index (κ3) is 3.11. The second-order valence-electron chi connectivity index (χ2n) is 4.09. The van der Waals surface area contributed by atoms with Crippen LogP contribution in [-0.2, 0) is 4.74 Å². The number of nitrogens with one attached hydrogen (secondary N) is 1. The fraction of sp³-hybridized carbons (Fsp3) is 0.417. The van der Waals surface area contributed by atoms with Crippen molar-refractivity contribution in [2.24, 2.45) is 0 Å². The van der Waals surface area contributed by atoms with E-state index in [9.17, 15) is 4.79 Å². The Morgan fingerprint density at radius 2 is 2.12 bits per heavy atom. The van der Waals surface area contributed by atoms with Gasteiger partial charge < -0.3 is 15.8 Å². The third-order valence-electron chi connectivity index (χ3n) is 2.81. The number of halogens is 1. The van der Waals surface area contributed by atoms with E-state index in [4.69, 9.17) is 22.1 Å². The number of rotatable bonds is 2. The lowest BCUT2D eigenvalue weighted by Gasteiger charge is -2.23. The van der Waals surface area contributed by atoms with Gasteiger partial charge in [-0.15, -0.1) is 0 Å². The first-order chi connectivity index (χ1) is 8.16. The molecular formula is C12H15ClN2O2. The van der Waals surface area contributed by atoms with Crippen molar-refractivity contribution in [2.45, 2.75) is 18.9 Å². The van der Waals surface area contributed by atoms with Gasteiger partial charge in [-0.05, 0) is 31.0 Å². The lowest BCUT2D eigenvalue weighted by Crippen LogP contribution is -2.39. The number of amides is 1. The minimum absolute atomic E-state index is 0.147. The first kappa shape index (κ1) is 12.2. The van der Waals surface area contributed by atoms with Crippen molar-refractivity contribution in [3.05, 3.63) is 28.8 Å². The van der Waals surface area contributed by atoms with Crippen molar-refractivity contribution in [2.75, 3.05) is 18.9 Å². The van der Waals surface area contributed by atoms with Gasteiger partial charge in [0.05, 0.1) is 5.56 Å². The van der Waals surface area contributed by atoms with Crippen LogP contribution in [-0.4, -0.2) is 25.2 Å². The highest BCUT2D eigenvalue weighted by molar-refractivity contribution is 6.31. The molecule has 2 rings (SSSR count). The predicted molar refractivity (Wildman–Crippen MR) is 67.2 cm³/mol. The zero-order valence-electron chi connectivity index (χ0n) is 9.41. The number of nitrogen functional groups attached to an aromatic ring is 1. The van der Waals surface area contributed by atoms with Crippen LogP contribution in [0, 0.1) is 0 Å². The number of hydrogen-bond donors (Lipinski definition) is 2. The molecule has 92 valence electrons. The topological polar surface area (TPSA) is 64.4 Å². The van der Waals surface area contributed by atoms with Gasteiger partial charge in [-0.25, -0.2) is 0 Å². The molecular weight excluding hydrogens is 240 g/mol. The van der Waals surface area contributed by atoms with Gasteiger partial charge in [0.1, 0.15) is 0 Å². The summed E-state index contributed by atoms with van der Waals surface area (Å²) in [6.45, 7) is 1.39. The molecule has 0 unspecified atom stereocenters. The number of carbonyl (C=O) groups excluding carboxylic acids is 1. The van der Waals surface area contributed by atoms with E-state index < -0.39 is 0 Å². The lowest BCUT2D eigenvalue weighted by atomic mass is 10.1. The van der Waals surface area contributed by atoms with Crippen molar-refractivity contribution >= 4 is 23.2 Å². The van der Waals surface area contributed by atoms with E-state index in [1.165, 1.54) is 0 Å². The Bertz CT molecular complexity index is 417. The molecule has 3 N–H and O–H groups in total. The van der Waals surface area contributed by atoms with Gasteiger partial charge in [0.25, 0.3) is 5.91 Å². The second-order valence-corrected chi connectivity index (χ2v) is 4.53. The number of ether oxygens (including phenoxy) is 1. The maximum Gasteiger partial charge on any atom is 0.253 e. The standard InChI is InChI=1S/C12H15ClN2O2/c13-8-1-2-10(11(14)7-8)12(16)15-9-3-5-17-6-4-9/h1-2,7,9H,3-6,14H2,(H,15,16). The zero-order valence-corrected chi connectivity index (χ0v) is 10.2. The highest BCUT2D eigenvalue weighted by atomic mass is 35.5. The number of anilines is 1. The summed E-state index contributed by atoms with van der Waals surface area (Å²) in [6, 6.07) is 5.06. The molecule has 5 heteroatoms. The van der Waals surface area contributed by atoms with E-state index in [0.29, 0.717) is 29.5 Å². The molecule has 1 aliphatic heterocycles.